The van der Waals surface area contributed by atoms with Crippen molar-refractivity contribution in [3.63, 3.8) is 0 Å². The normalized spacial score (nSPS) is 12.5. The Morgan fingerprint density at radius 3 is 2.00 bits per heavy atom. The van der Waals surface area contributed by atoms with Crippen molar-refractivity contribution < 1.29 is 18.8 Å². The summed E-state index contributed by atoms with van der Waals surface area (Å²) in [6.07, 6.45) is 0. The summed E-state index contributed by atoms with van der Waals surface area (Å²) in [5.74, 6) is 0. The molecular formula is C13H21NO4P. The standard InChI is InChI=1S/C13H21NO4P/c1-5-17-19(16,18-6-2)13(3,4)14(15)12-10-8-7-9-11-12/h7-11H,5-6H2,1-4H3. The van der Waals surface area contributed by atoms with Crippen LogP contribution in [0.25, 0.3) is 0 Å². The molecule has 6 heteroatoms. The predicted molar refractivity (Wildman–Crippen MR) is 74.5 cm³/mol. The van der Waals surface area contributed by atoms with Crippen molar-refractivity contribution in [1.29, 1.82) is 0 Å². The number of anilines is 1. The highest BCUT2D eigenvalue weighted by atomic mass is 31.2. The molecule has 0 aliphatic rings. The van der Waals surface area contributed by atoms with Gasteiger partial charge in [-0.25, -0.2) is 5.06 Å². The molecule has 0 spiro atoms. The van der Waals surface area contributed by atoms with Crippen molar-refractivity contribution in [2.75, 3.05) is 18.3 Å². The number of hydrogen-bond acceptors (Lipinski definition) is 4. The maximum absolute atomic E-state index is 12.8. The quantitative estimate of drug-likeness (QED) is 0.564. The SMILES string of the molecule is CCOP(=O)(OCC)C(C)(C)N([O])c1ccccc1. The molecule has 1 rings (SSSR count). The van der Waals surface area contributed by atoms with Gasteiger partial charge in [0.1, 0.15) is 0 Å². The van der Waals surface area contributed by atoms with Crippen LogP contribution >= 0.6 is 7.60 Å². The van der Waals surface area contributed by atoms with Gasteiger partial charge in [0.2, 0.25) is 0 Å². The number of rotatable bonds is 7. The first-order chi connectivity index (χ1) is 8.89. The highest BCUT2D eigenvalue weighted by Crippen LogP contribution is 2.61. The first-order valence-electron chi connectivity index (χ1n) is 6.30. The van der Waals surface area contributed by atoms with Gasteiger partial charge in [-0.15, -0.1) is 0 Å². The lowest BCUT2D eigenvalue weighted by molar-refractivity contribution is 0.0997. The zero-order chi connectivity index (χ0) is 14.5. The highest BCUT2D eigenvalue weighted by molar-refractivity contribution is 7.55. The van der Waals surface area contributed by atoms with E-state index in [2.05, 4.69) is 0 Å². The third-order valence-corrected chi connectivity index (χ3v) is 5.47. The van der Waals surface area contributed by atoms with Crippen LogP contribution in [0.4, 0.5) is 5.69 Å². The highest BCUT2D eigenvalue weighted by Gasteiger charge is 2.49. The second kappa shape index (κ2) is 6.53. The fourth-order valence-electron chi connectivity index (χ4n) is 1.68. The molecule has 1 radical (unpaired) electrons. The number of para-hydroxylation sites is 1. The Kier molecular flexibility index (Phi) is 5.56. The summed E-state index contributed by atoms with van der Waals surface area (Å²) in [5, 5.41) is 11.8. The molecule has 0 saturated heterocycles. The minimum absolute atomic E-state index is 0.226. The van der Waals surface area contributed by atoms with Crippen LogP contribution in [0.5, 0.6) is 0 Å². The van der Waals surface area contributed by atoms with E-state index < -0.39 is 12.9 Å². The molecule has 107 valence electrons. The predicted octanol–water partition coefficient (Wildman–Crippen LogP) is 3.84. The molecule has 0 aliphatic carbocycles. The summed E-state index contributed by atoms with van der Waals surface area (Å²) in [4.78, 5) is 0. The molecule has 0 fully saturated rings. The Balaban J connectivity index is 3.09. The summed E-state index contributed by atoms with van der Waals surface area (Å²) < 4.78 is 23.3. The Hall–Kier alpha value is -0.870. The van der Waals surface area contributed by atoms with Crippen molar-refractivity contribution in [3.05, 3.63) is 30.3 Å². The van der Waals surface area contributed by atoms with E-state index in [1.165, 1.54) is 0 Å². The minimum Gasteiger partial charge on any atom is -0.307 e. The van der Waals surface area contributed by atoms with Crippen LogP contribution in [0.3, 0.4) is 0 Å². The van der Waals surface area contributed by atoms with Crippen LogP contribution in [-0.2, 0) is 18.8 Å². The largest absolute Gasteiger partial charge is 0.358 e. The first kappa shape index (κ1) is 16.2. The lowest BCUT2D eigenvalue weighted by atomic mass is 10.3. The Labute approximate surface area is 114 Å². The Bertz CT molecular complexity index is 426. The van der Waals surface area contributed by atoms with Gasteiger partial charge >= 0.3 is 7.60 Å². The molecule has 0 amide bonds. The average Bonchev–Trinajstić information content (AvgIpc) is 2.39. The molecular weight excluding hydrogens is 265 g/mol. The van der Waals surface area contributed by atoms with Crippen molar-refractivity contribution in [1.82, 2.24) is 0 Å². The number of hydrogen-bond donors (Lipinski definition) is 0. The van der Waals surface area contributed by atoms with Gasteiger partial charge in [-0.05, 0) is 39.8 Å². The summed E-state index contributed by atoms with van der Waals surface area (Å²) in [5.41, 5.74) is 0.423. The Morgan fingerprint density at radius 2 is 1.58 bits per heavy atom. The monoisotopic (exact) mass is 286 g/mol. The maximum atomic E-state index is 12.8. The summed E-state index contributed by atoms with van der Waals surface area (Å²) in [6, 6.07) is 8.65. The average molecular weight is 286 g/mol. The third-order valence-electron chi connectivity index (χ3n) is 2.76. The first-order valence-corrected chi connectivity index (χ1v) is 7.85. The van der Waals surface area contributed by atoms with E-state index in [1.54, 1.807) is 52.0 Å². The number of nitrogens with zero attached hydrogens (tertiary/aromatic N) is 1. The van der Waals surface area contributed by atoms with Gasteiger partial charge in [0, 0.05) is 0 Å². The van der Waals surface area contributed by atoms with Crippen molar-refractivity contribution in [2.45, 2.75) is 33.0 Å². The van der Waals surface area contributed by atoms with Crippen molar-refractivity contribution >= 4 is 13.3 Å². The van der Waals surface area contributed by atoms with Crippen LogP contribution in [0.2, 0.25) is 0 Å². The lowest BCUT2D eigenvalue weighted by Crippen LogP contribution is -2.41. The van der Waals surface area contributed by atoms with Crippen molar-refractivity contribution in [3.8, 4) is 0 Å². The van der Waals surface area contributed by atoms with Gasteiger partial charge in [-0.2, -0.15) is 0 Å². The smallest absolute Gasteiger partial charge is 0.307 e. The molecule has 0 heterocycles. The van der Waals surface area contributed by atoms with E-state index >= 15 is 0 Å². The molecule has 0 atom stereocenters. The number of benzene rings is 1. The summed E-state index contributed by atoms with van der Waals surface area (Å²) in [6.45, 7) is 7.03. The molecule has 0 saturated carbocycles. The van der Waals surface area contributed by atoms with Crippen LogP contribution in [0.15, 0.2) is 30.3 Å². The van der Waals surface area contributed by atoms with E-state index in [0.717, 1.165) is 0 Å². The molecule has 1 aromatic rings. The van der Waals surface area contributed by atoms with Gasteiger partial charge in [0.15, 0.2) is 5.28 Å². The van der Waals surface area contributed by atoms with Crippen LogP contribution < -0.4 is 5.06 Å². The van der Waals surface area contributed by atoms with E-state index in [-0.39, 0.29) is 13.2 Å². The van der Waals surface area contributed by atoms with Gasteiger partial charge in [-0.1, -0.05) is 23.4 Å². The van der Waals surface area contributed by atoms with Crippen LogP contribution in [0, 0.1) is 0 Å². The molecule has 0 aliphatic heterocycles. The van der Waals surface area contributed by atoms with Crippen LogP contribution in [-0.4, -0.2) is 18.5 Å². The second-order valence-electron chi connectivity index (χ2n) is 4.46. The van der Waals surface area contributed by atoms with Gasteiger partial charge < -0.3 is 9.05 Å². The van der Waals surface area contributed by atoms with E-state index in [1.807, 2.05) is 6.07 Å². The lowest BCUT2D eigenvalue weighted by Gasteiger charge is -2.37. The van der Waals surface area contributed by atoms with Crippen molar-refractivity contribution in [2.24, 2.45) is 0 Å². The fourth-order valence-corrected chi connectivity index (χ4v) is 3.41. The molecule has 0 N–H and O–H groups in total. The zero-order valence-electron chi connectivity index (χ0n) is 11.8. The topological polar surface area (TPSA) is 58.7 Å². The molecule has 0 aromatic heterocycles. The van der Waals surface area contributed by atoms with Gasteiger partial charge in [-0.3, -0.25) is 4.57 Å². The summed E-state index contributed by atoms with van der Waals surface area (Å²) >= 11 is 0. The van der Waals surface area contributed by atoms with E-state index in [9.17, 15) is 9.77 Å². The molecule has 19 heavy (non-hydrogen) atoms. The maximum Gasteiger partial charge on any atom is 0.358 e. The minimum atomic E-state index is -3.53. The molecule has 0 bridgehead atoms. The third kappa shape index (κ3) is 3.37. The van der Waals surface area contributed by atoms with E-state index in [4.69, 9.17) is 9.05 Å². The molecule has 5 nitrogen and oxygen atoms in total. The zero-order valence-corrected chi connectivity index (χ0v) is 12.7. The number of hydroxylamine groups is 1. The fraction of sp³-hybridized carbons (Fsp3) is 0.538. The van der Waals surface area contributed by atoms with Crippen LogP contribution in [0.1, 0.15) is 27.7 Å². The van der Waals surface area contributed by atoms with Gasteiger partial charge in [0.25, 0.3) is 0 Å². The molecule has 0 unspecified atom stereocenters. The van der Waals surface area contributed by atoms with E-state index in [0.29, 0.717) is 10.8 Å². The van der Waals surface area contributed by atoms with Gasteiger partial charge in [0.05, 0.1) is 18.9 Å². The molecule has 1 aromatic carbocycles. The summed E-state index contributed by atoms with van der Waals surface area (Å²) in [7, 11) is -3.53. The second-order valence-corrected chi connectivity index (χ2v) is 7.06. The Morgan fingerprint density at radius 1 is 1.11 bits per heavy atom.